The summed E-state index contributed by atoms with van der Waals surface area (Å²) >= 11 is 1.70. The van der Waals surface area contributed by atoms with E-state index in [9.17, 15) is 0 Å². The summed E-state index contributed by atoms with van der Waals surface area (Å²) < 4.78 is 5.48. The quantitative estimate of drug-likeness (QED) is 0.914. The van der Waals surface area contributed by atoms with Crippen molar-refractivity contribution in [3.63, 3.8) is 0 Å². The molecule has 112 valence electrons. The smallest absolute Gasteiger partial charge is 0.119 e. The molecule has 1 aromatic carbocycles. The van der Waals surface area contributed by atoms with Crippen LogP contribution >= 0.6 is 11.3 Å². The van der Waals surface area contributed by atoms with Gasteiger partial charge in [-0.1, -0.05) is 19.3 Å². The molecule has 0 bridgehead atoms. The number of rotatable bonds is 4. The molecule has 1 aromatic heterocycles. The minimum absolute atomic E-state index is 0.202. The fourth-order valence-corrected chi connectivity index (χ4v) is 3.92. The highest BCUT2D eigenvalue weighted by atomic mass is 32.1. The highest BCUT2D eigenvalue weighted by molar-refractivity contribution is 7.10. The first-order chi connectivity index (χ1) is 10.2. The summed E-state index contributed by atoms with van der Waals surface area (Å²) in [7, 11) is 0. The Morgan fingerprint density at radius 2 is 1.90 bits per heavy atom. The minimum Gasteiger partial charge on any atom is -0.494 e. The number of benzene rings is 1. The van der Waals surface area contributed by atoms with Gasteiger partial charge in [-0.2, -0.15) is 0 Å². The van der Waals surface area contributed by atoms with Crippen LogP contribution in [-0.2, 0) is 5.54 Å². The van der Waals surface area contributed by atoms with Crippen LogP contribution in [-0.4, -0.2) is 11.6 Å². The first-order valence-corrected chi connectivity index (χ1v) is 8.57. The molecule has 0 amide bonds. The van der Waals surface area contributed by atoms with Crippen LogP contribution in [0.3, 0.4) is 0 Å². The summed E-state index contributed by atoms with van der Waals surface area (Å²) in [5, 5.41) is 3.21. The van der Waals surface area contributed by atoms with Crippen LogP contribution in [0, 0.1) is 0 Å². The van der Waals surface area contributed by atoms with Gasteiger partial charge < -0.3 is 10.5 Å². The zero-order valence-electron chi connectivity index (χ0n) is 12.5. The van der Waals surface area contributed by atoms with Gasteiger partial charge in [0.15, 0.2) is 0 Å². The van der Waals surface area contributed by atoms with E-state index in [0.29, 0.717) is 6.61 Å². The molecule has 0 radical (unpaired) electrons. The Bertz CT molecular complexity index is 585. The number of hydrogen-bond acceptors (Lipinski definition) is 4. The van der Waals surface area contributed by atoms with Crippen molar-refractivity contribution in [2.24, 2.45) is 5.73 Å². The molecule has 1 aliphatic carbocycles. The molecule has 2 aromatic rings. The average molecular weight is 302 g/mol. The van der Waals surface area contributed by atoms with Crippen LogP contribution in [0.5, 0.6) is 5.75 Å². The van der Waals surface area contributed by atoms with Crippen molar-refractivity contribution in [2.45, 2.75) is 44.6 Å². The molecule has 1 saturated carbocycles. The third kappa shape index (κ3) is 3.11. The zero-order valence-corrected chi connectivity index (χ0v) is 13.3. The number of nitrogens with zero attached hydrogens (tertiary/aromatic N) is 1. The number of aromatic nitrogens is 1. The SMILES string of the molecule is CCOc1ccc(-c2csc(C3(N)CCCCC3)n2)cc1. The first kappa shape index (κ1) is 14.5. The summed E-state index contributed by atoms with van der Waals surface area (Å²) in [6.45, 7) is 2.68. The minimum atomic E-state index is -0.202. The van der Waals surface area contributed by atoms with Crippen molar-refractivity contribution in [3.8, 4) is 17.0 Å². The summed E-state index contributed by atoms with van der Waals surface area (Å²) in [6, 6.07) is 8.12. The highest BCUT2D eigenvalue weighted by Gasteiger charge is 2.32. The van der Waals surface area contributed by atoms with Gasteiger partial charge in [-0.15, -0.1) is 11.3 Å². The lowest BCUT2D eigenvalue weighted by molar-refractivity contribution is 0.301. The van der Waals surface area contributed by atoms with E-state index >= 15 is 0 Å². The maximum Gasteiger partial charge on any atom is 0.119 e. The summed E-state index contributed by atoms with van der Waals surface area (Å²) in [5.41, 5.74) is 8.51. The molecule has 21 heavy (non-hydrogen) atoms. The summed E-state index contributed by atoms with van der Waals surface area (Å²) in [4.78, 5) is 4.80. The second-order valence-electron chi connectivity index (χ2n) is 5.71. The molecular formula is C17H22N2OS. The Labute approximate surface area is 130 Å². The third-order valence-corrected chi connectivity index (χ3v) is 5.20. The first-order valence-electron chi connectivity index (χ1n) is 7.69. The zero-order chi connectivity index (χ0) is 14.7. The summed E-state index contributed by atoms with van der Waals surface area (Å²) in [5.74, 6) is 0.902. The predicted octanol–water partition coefficient (Wildman–Crippen LogP) is 4.33. The molecule has 3 rings (SSSR count). The van der Waals surface area contributed by atoms with Gasteiger partial charge in [0, 0.05) is 10.9 Å². The van der Waals surface area contributed by atoms with Crippen molar-refractivity contribution >= 4 is 11.3 Å². The lowest BCUT2D eigenvalue weighted by atomic mass is 9.83. The molecule has 2 N–H and O–H groups in total. The highest BCUT2D eigenvalue weighted by Crippen LogP contribution is 2.37. The van der Waals surface area contributed by atoms with Gasteiger partial charge >= 0.3 is 0 Å². The Hall–Kier alpha value is -1.39. The molecule has 0 aliphatic heterocycles. The van der Waals surface area contributed by atoms with Gasteiger partial charge in [-0.05, 0) is 44.0 Å². The number of nitrogens with two attached hydrogens (primary N) is 1. The van der Waals surface area contributed by atoms with Crippen LogP contribution in [0.1, 0.15) is 44.0 Å². The lowest BCUT2D eigenvalue weighted by Crippen LogP contribution is -2.38. The second kappa shape index (κ2) is 6.16. The number of ether oxygens (including phenoxy) is 1. The summed E-state index contributed by atoms with van der Waals surface area (Å²) in [6.07, 6.45) is 5.85. The standard InChI is InChI=1S/C17H22N2OS/c1-2-20-14-8-6-13(7-9-14)15-12-21-16(19-15)17(18)10-4-3-5-11-17/h6-9,12H,2-5,10-11,18H2,1H3. The molecule has 0 saturated heterocycles. The van der Waals surface area contributed by atoms with Crippen molar-refractivity contribution in [2.75, 3.05) is 6.61 Å². The molecule has 0 atom stereocenters. The Morgan fingerprint density at radius 3 is 2.57 bits per heavy atom. The van der Waals surface area contributed by atoms with Crippen LogP contribution in [0.2, 0.25) is 0 Å². The van der Waals surface area contributed by atoms with E-state index in [-0.39, 0.29) is 5.54 Å². The molecule has 0 spiro atoms. The maximum atomic E-state index is 6.56. The molecule has 0 unspecified atom stereocenters. The Balaban J connectivity index is 1.80. The second-order valence-corrected chi connectivity index (χ2v) is 6.57. The average Bonchev–Trinajstić information content (AvgIpc) is 3.00. The van der Waals surface area contributed by atoms with Gasteiger partial charge in [-0.3, -0.25) is 0 Å². The van der Waals surface area contributed by atoms with E-state index in [1.165, 1.54) is 19.3 Å². The largest absolute Gasteiger partial charge is 0.494 e. The Kier molecular flexibility index (Phi) is 4.27. The van der Waals surface area contributed by atoms with E-state index in [0.717, 1.165) is 34.9 Å². The van der Waals surface area contributed by atoms with Gasteiger partial charge in [0.05, 0.1) is 17.8 Å². The van der Waals surface area contributed by atoms with E-state index in [1.54, 1.807) is 11.3 Å². The van der Waals surface area contributed by atoms with Crippen LogP contribution < -0.4 is 10.5 Å². The van der Waals surface area contributed by atoms with E-state index in [1.807, 2.05) is 19.1 Å². The third-order valence-electron chi connectivity index (χ3n) is 4.14. The van der Waals surface area contributed by atoms with Gasteiger partial charge in [0.2, 0.25) is 0 Å². The van der Waals surface area contributed by atoms with Crippen LogP contribution in [0.4, 0.5) is 0 Å². The normalized spacial score (nSPS) is 17.6. The van der Waals surface area contributed by atoms with Gasteiger partial charge in [0.1, 0.15) is 10.8 Å². The van der Waals surface area contributed by atoms with Crippen molar-refractivity contribution < 1.29 is 4.74 Å². The van der Waals surface area contributed by atoms with Crippen molar-refractivity contribution in [1.82, 2.24) is 4.98 Å². The number of hydrogen-bond donors (Lipinski definition) is 1. The maximum absolute atomic E-state index is 6.56. The molecule has 1 aliphatic rings. The van der Waals surface area contributed by atoms with Gasteiger partial charge in [0.25, 0.3) is 0 Å². The number of thiazole rings is 1. The monoisotopic (exact) mass is 302 g/mol. The molecule has 1 heterocycles. The van der Waals surface area contributed by atoms with Crippen molar-refractivity contribution in [1.29, 1.82) is 0 Å². The topological polar surface area (TPSA) is 48.1 Å². The van der Waals surface area contributed by atoms with Gasteiger partial charge in [-0.25, -0.2) is 4.98 Å². The van der Waals surface area contributed by atoms with E-state index < -0.39 is 0 Å². The van der Waals surface area contributed by atoms with E-state index in [4.69, 9.17) is 15.5 Å². The van der Waals surface area contributed by atoms with Crippen molar-refractivity contribution in [3.05, 3.63) is 34.7 Å². The molecule has 4 heteroatoms. The van der Waals surface area contributed by atoms with Crippen LogP contribution in [0.15, 0.2) is 29.6 Å². The fraction of sp³-hybridized carbons (Fsp3) is 0.471. The fourth-order valence-electron chi connectivity index (χ4n) is 2.92. The van der Waals surface area contributed by atoms with Crippen LogP contribution in [0.25, 0.3) is 11.3 Å². The lowest BCUT2D eigenvalue weighted by Gasteiger charge is -2.31. The molecular weight excluding hydrogens is 280 g/mol. The predicted molar refractivity (Wildman–Crippen MR) is 87.7 cm³/mol. The molecule has 3 nitrogen and oxygen atoms in total. The Morgan fingerprint density at radius 1 is 1.19 bits per heavy atom. The molecule has 1 fully saturated rings. The van der Waals surface area contributed by atoms with E-state index in [2.05, 4.69) is 17.5 Å².